The summed E-state index contributed by atoms with van der Waals surface area (Å²) in [5.41, 5.74) is 3.46. The van der Waals surface area contributed by atoms with Crippen LogP contribution in [0.15, 0.2) is 41.1 Å². The summed E-state index contributed by atoms with van der Waals surface area (Å²) >= 11 is 6.34. The van der Waals surface area contributed by atoms with E-state index in [0.29, 0.717) is 57.8 Å². The first-order chi connectivity index (χ1) is 14.5. The Morgan fingerprint density at radius 3 is 2.80 bits per heavy atom. The zero-order chi connectivity index (χ0) is 21.3. The number of hydrogen-bond donors (Lipinski definition) is 2. The van der Waals surface area contributed by atoms with Crippen LogP contribution in [-0.2, 0) is 0 Å². The molecule has 0 aliphatic carbocycles. The Morgan fingerprint density at radius 2 is 2.07 bits per heavy atom. The fourth-order valence-corrected chi connectivity index (χ4v) is 3.41. The molecule has 10 heteroatoms. The summed E-state index contributed by atoms with van der Waals surface area (Å²) in [6.45, 7) is 4.27. The summed E-state index contributed by atoms with van der Waals surface area (Å²) in [5, 5.41) is 14.8. The second-order valence-corrected chi connectivity index (χ2v) is 7.13. The molecule has 4 aromatic rings. The van der Waals surface area contributed by atoms with E-state index < -0.39 is 0 Å². The number of carbonyl (C=O) groups excluding carboxylic acids is 1. The number of hydrogen-bond acceptors (Lipinski definition) is 6. The molecule has 1 amide bonds. The van der Waals surface area contributed by atoms with Gasteiger partial charge >= 0.3 is 0 Å². The van der Waals surface area contributed by atoms with Crippen LogP contribution in [0.5, 0.6) is 0 Å². The lowest BCUT2D eigenvalue weighted by Gasteiger charge is -2.12. The van der Waals surface area contributed by atoms with Gasteiger partial charge in [0.05, 0.1) is 11.4 Å². The number of nitrogens with zero attached hydrogens (tertiary/aromatic N) is 4. The van der Waals surface area contributed by atoms with Gasteiger partial charge in [-0.25, -0.2) is 4.98 Å². The molecule has 2 radical (unpaired) electrons. The van der Waals surface area contributed by atoms with Crippen molar-refractivity contribution in [1.29, 1.82) is 0 Å². The standard InChI is InChI=1S/C20H18BClN6O2/c1-11-18(12(2)30-27-11)20(29)24-8-7-23-17-9-16(13-5-3-4-6-15(13)22)26-19-14(21)10-25-28(17)19/h3-6,9-10,23H,7-8H2,1-2H3,(H,24,29). The molecular formula is C20H18BClN6O2. The molecule has 0 unspecified atom stereocenters. The molecule has 1 aromatic carbocycles. The number of anilines is 1. The molecule has 150 valence electrons. The lowest BCUT2D eigenvalue weighted by atomic mass is 10.0. The van der Waals surface area contributed by atoms with Crippen LogP contribution in [0.25, 0.3) is 16.9 Å². The minimum absolute atomic E-state index is 0.229. The lowest BCUT2D eigenvalue weighted by molar-refractivity contribution is 0.0953. The Kier molecular flexibility index (Phi) is 5.45. The van der Waals surface area contributed by atoms with Crippen LogP contribution in [0.2, 0.25) is 5.02 Å². The highest BCUT2D eigenvalue weighted by atomic mass is 35.5. The third-order valence-electron chi connectivity index (χ3n) is 4.63. The van der Waals surface area contributed by atoms with E-state index in [1.165, 1.54) is 0 Å². The van der Waals surface area contributed by atoms with Crippen molar-refractivity contribution >= 4 is 42.3 Å². The Bertz CT molecular complexity index is 1220. The number of halogens is 1. The van der Waals surface area contributed by atoms with E-state index in [1.807, 2.05) is 24.3 Å². The van der Waals surface area contributed by atoms with E-state index in [4.69, 9.17) is 24.0 Å². The van der Waals surface area contributed by atoms with Crippen molar-refractivity contribution in [2.24, 2.45) is 0 Å². The van der Waals surface area contributed by atoms with E-state index in [9.17, 15) is 4.79 Å². The molecule has 3 heterocycles. The lowest BCUT2D eigenvalue weighted by Crippen LogP contribution is -2.29. The Hall–Kier alpha value is -3.33. The van der Waals surface area contributed by atoms with Crippen LogP contribution in [0.3, 0.4) is 0 Å². The molecule has 0 spiro atoms. The second kappa shape index (κ2) is 8.20. The van der Waals surface area contributed by atoms with Gasteiger partial charge in [0.1, 0.15) is 25.0 Å². The first-order valence-electron chi connectivity index (χ1n) is 9.30. The SMILES string of the molecule is [B]c1cnn2c(NCCNC(=O)c3c(C)noc3C)cc(-c3ccccc3Cl)nc12. The van der Waals surface area contributed by atoms with E-state index in [2.05, 4.69) is 25.9 Å². The van der Waals surface area contributed by atoms with Crippen LogP contribution < -0.4 is 16.1 Å². The Labute approximate surface area is 179 Å². The van der Waals surface area contributed by atoms with E-state index in [1.54, 1.807) is 30.6 Å². The van der Waals surface area contributed by atoms with Gasteiger partial charge in [-0.1, -0.05) is 35.0 Å². The molecular weight excluding hydrogens is 403 g/mol. The summed E-state index contributed by atoms with van der Waals surface area (Å²) in [5.74, 6) is 0.941. The van der Waals surface area contributed by atoms with Gasteiger partial charge in [0.25, 0.3) is 5.91 Å². The van der Waals surface area contributed by atoms with E-state index in [0.717, 1.165) is 5.56 Å². The van der Waals surface area contributed by atoms with Crippen LogP contribution >= 0.6 is 11.6 Å². The van der Waals surface area contributed by atoms with Gasteiger partial charge < -0.3 is 15.2 Å². The van der Waals surface area contributed by atoms with Crippen molar-refractivity contribution in [3.8, 4) is 11.3 Å². The van der Waals surface area contributed by atoms with Gasteiger partial charge in [-0.3, -0.25) is 4.79 Å². The summed E-state index contributed by atoms with van der Waals surface area (Å²) < 4.78 is 6.66. The molecule has 8 nitrogen and oxygen atoms in total. The molecule has 3 aromatic heterocycles. The number of fused-ring (bicyclic) bond motifs is 1. The van der Waals surface area contributed by atoms with Crippen molar-refractivity contribution < 1.29 is 9.32 Å². The highest BCUT2D eigenvalue weighted by Crippen LogP contribution is 2.28. The smallest absolute Gasteiger partial charge is 0.256 e. The van der Waals surface area contributed by atoms with Gasteiger partial charge in [-0.2, -0.15) is 9.61 Å². The van der Waals surface area contributed by atoms with Crippen LogP contribution in [-0.4, -0.2) is 46.6 Å². The Balaban J connectivity index is 1.53. The average molecular weight is 421 g/mol. The van der Waals surface area contributed by atoms with Crippen molar-refractivity contribution in [3.63, 3.8) is 0 Å². The van der Waals surface area contributed by atoms with Crippen molar-refractivity contribution in [2.45, 2.75) is 13.8 Å². The number of aromatic nitrogens is 4. The highest BCUT2D eigenvalue weighted by Gasteiger charge is 2.17. The maximum atomic E-state index is 12.4. The molecule has 0 bridgehead atoms. The third kappa shape index (κ3) is 3.76. The first-order valence-corrected chi connectivity index (χ1v) is 9.67. The quantitative estimate of drug-likeness (QED) is 0.367. The monoisotopic (exact) mass is 420 g/mol. The second-order valence-electron chi connectivity index (χ2n) is 6.72. The summed E-state index contributed by atoms with van der Waals surface area (Å²) in [6, 6.07) is 9.29. The zero-order valence-electron chi connectivity index (χ0n) is 16.4. The highest BCUT2D eigenvalue weighted by molar-refractivity contribution is 6.36. The van der Waals surface area contributed by atoms with E-state index >= 15 is 0 Å². The molecule has 0 aliphatic rings. The predicted molar refractivity (Wildman–Crippen MR) is 116 cm³/mol. The predicted octanol–water partition coefficient (Wildman–Crippen LogP) is 2.29. The molecule has 0 fully saturated rings. The number of carbonyl (C=O) groups is 1. The van der Waals surface area contributed by atoms with Crippen molar-refractivity contribution in [3.05, 3.63) is 58.6 Å². The van der Waals surface area contributed by atoms with Gasteiger partial charge in [0.2, 0.25) is 0 Å². The van der Waals surface area contributed by atoms with Crippen LogP contribution in [0.4, 0.5) is 5.82 Å². The number of nitrogens with one attached hydrogen (secondary N) is 2. The summed E-state index contributed by atoms with van der Waals surface area (Å²) in [7, 11) is 6.03. The van der Waals surface area contributed by atoms with Gasteiger partial charge in [-0.15, -0.1) is 0 Å². The summed E-state index contributed by atoms with van der Waals surface area (Å²) in [6.07, 6.45) is 1.54. The number of amides is 1. The third-order valence-corrected chi connectivity index (χ3v) is 4.96. The topological polar surface area (TPSA) is 97.3 Å². The first kappa shape index (κ1) is 20.0. The molecule has 0 saturated carbocycles. The Morgan fingerprint density at radius 1 is 1.27 bits per heavy atom. The van der Waals surface area contributed by atoms with Crippen molar-refractivity contribution in [1.82, 2.24) is 25.1 Å². The minimum Gasteiger partial charge on any atom is -0.368 e. The van der Waals surface area contributed by atoms with Crippen LogP contribution in [0.1, 0.15) is 21.8 Å². The maximum Gasteiger partial charge on any atom is 0.256 e. The minimum atomic E-state index is -0.229. The van der Waals surface area contributed by atoms with Crippen molar-refractivity contribution in [2.75, 3.05) is 18.4 Å². The maximum absolute atomic E-state index is 12.4. The molecule has 4 rings (SSSR count). The van der Waals surface area contributed by atoms with Gasteiger partial charge in [0, 0.05) is 35.9 Å². The molecule has 0 atom stereocenters. The average Bonchev–Trinajstić information content (AvgIpc) is 3.27. The van der Waals surface area contributed by atoms with Gasteiger partial charge in [0.15, 0.2) is 5.65 Å². The fraction of sp³-hybridized carbons (Fsp3) is 0.200. The molecule has 2 N–H and O–H groups in total. The van der Waals surface area contributed by atoms with Gasteiger partial charge in [-0.05, 0) is 25.4 Å². The number of rotatable bonds is 6. The molecule has 30 heavy (non-hydrogen) atoms. The zero-order valence-corrected chi connectivity index (χ0v) is 17.2. The van der Waals surface area contributed by atoms with E-state index in [-0.39, 0.29) is 5.91 Å². The largest absolute Gasteiger partial charge is 0.368 e. The normalized spacial score (nSPS) is 11.0. The summed E-state index contributed by atoms with van der Waals surface area (Å²) in [4.78, 5) is 17.0. The fourth-order valence-electron chi connectivity index (χ4n) is 3.17. The van der Waals surface area contributed by atoms with Crippen LogP contribution in [0, 0.1) is 13.8 Å². The molecule has 0 aliphatic heterocycles. The number of aryl methyl sites for hydroxylation is 2. The molecule has 0 saturated heterocycles. The number of benzene rings is 1.